The molecule has 2 aromatic heterocycles. The molecular weight excluding hydrogens is 314 g/mol. The summed E-state index contributed by atoms with van der Waals surface area (Å²) < 4.78 is 10.7. The highest BCUT2D eigenvalue weighted by molar-refractivity contribution is 7.99. The third-order valence-corrected chi connectivity index (χ3v) is 3.95. The fourth-order valence-electron chi connectivity index (χ4n) is 2.08. The number of furan rings is 1. The number of aromatic nitrogens is 2. The molecule has 0 spiro atoms. The monoisotopic (exact) mass is 329 g/mol. The van der Waals surface area contributed by atoms with E-state index in [0.29, 0.717) is 23.4 Å². The van der Waals surface area contributed by atoms with Crippen LogP contribution >= 0.6 is 11.8 Å². The molecule has 0 radical (unpaired) electrons. The van der Waals surface area contributed by atoms with Gasteiger partial charge in [0.15, 0.2) is 5.76 Å². The maximum atomic E-state index is 12.4. The molecule has 3 rings (SSSR count). The standard InChI is InChI=1S/C16H15N3O3S/c1-2-19(12-7-4-3-5-8-12)14(20)11-23-16-18-17-15(22-16)13-9-6-10-21-13/h3-10H,2,11H2,1H3. The van der Waals surface area contributed by atoms with Crippen molar-refractivity contribution in [3.8, 4) is 11.7 Å². The molecule has 118 valence electrons. The first kappa shape index (κ1) is 15.4. The Bertz CT molecular complexity index is 756. The van der Waals surface area contributed by atoms with E-state index in [1.165, 1.54) is 18.0 Å². The van der Waals surface area contributed by atoms with Gasteiger partial charge in [-0.15, -0.1) is 10.2 Å². The molecule has 0 aliphatic carbocycles. The number of amides is 1. The summed E-state index contributed by atoms with van der Waals surface area (Å²) in [7, 11) is 0. The molecule has 7 heteroatoms. The molecule has 0 unspecified atom stereocenters. The molecule has 0 saturated carbocycles. The van der Waals surface area contributed by atoms with Gasteiger partial charge in [-0.05, 0) is 31.2 Å². The second kappa shape index (κ2) is 7.15. The second-order valence-electron chi connectivity index (χ2n) is 4.61. The van der Waals surface area contributed by atoms with Crippen molar-refractivity contribution >= 4 is 23.4 Å². The molecule has 23 heavy (non-hydrogen) atoms. The molecule has 3 aromatic rings. The lowest BCUT2D eigenvalue weighted by atomic mass is 10.3. The molecule has 1 aromatic carbocycles. The lowest BCUT2D eigenvalue weighted by Gasteiger charge is -2.20. The van der Waals surface area contributed by atoms with Crippen molar-refractivity contribution in [2.45, 2.75) is 12.1 Å². The van der Waals surface area contributed by atoms with Crippen LogP contribution in [0.2, 0.25) is 0 Å². The topological polar surface area (TPSA) is 72.4 Å². The molecule has 0 aliphatic heterocycles. The van der Waals surface area contributed by atoms with Gasteiger partial charge in [-0.25, -0.2) is 0 Å². The van der Waals surface area contributed by atoms with Gasteiger partial charge < -0.3 is 13.7 Å². The van der Waals surface area contributed by atoms with Gasteiger partial charge in [0.05, 0.1) is 12.0 Å². The zero-order valence-corrected chi connectivity index (χ0v) is 13.3. The zero-order chi connectivity index (χ0) is 16.1. The Morgan fingerprint density at radius 2 is 2.00 bits per heavy atom. The zero-order valence-electron chi connectivity index (χ0n) is 12.5. The molecule has 1 amide bonds. The predicted octanol–water partition coefficient (Wildman–Crippen LogP) is 3.47. The highest BCUT2D eigenvalue weighted by Gasteiger charge is 2.17. The summed E-state index contributed by atoms with van der Waals surface area (Å²) in [6, 6.07) is 13.0. The number of anilines is 1. The van der Waals surface area contributed by atoms with E-state index in [0.717, 1.165) is 5.69 Å². The Labute approximate surface area is 137 Å². The van der Waals surface area contributed by atoms with E-state index < -0.39 is 0 Å². The maximum Gasteiger partial charge on any atom is 0.284 e. The fourth-order valence-corrected chi connectivity index (χ4v) is 2.72. The SMILES string of the molecule is CCN(C(=O)CSc1nnc(-c2ccco2)o1)c1ccccc1. The lowest BCUT2D eigenvalue weighted by Crippen LogP contribution is -2.32. The number of carbonyl (C=O) groups excluding carboxylic acids is 1. The first-order valence-electron chi connectivity index (χ1n) is 7.13. The van der Waals surface area contributed by atoms with Crippen LogP contribution in [-0.2, 0) is 4.79 Å². The van der Waals surface area contributed by atoms with Crippen LogP contribution in [0.5, 0.6) is 0 Å². The lowest BCUT2D eigenvalue weighted by molar-refractivity contribution is -0.116. The highest BCUT2D eigenvalue weighted by atomic mass is 32.2. The van der Waals surface area contributed by atoms with Gasteiger partial charge in [-0.3, -0.25) is 4.79 Å². The third kappa shape index (κ3) is 3.62. The van der Waals surface area contributed by atoms with E-state index in [2.05, 4.69) is 10.2 Å². The van der Waals surface area contributed by atoms with Crippen LogP contribution in [0.15, 0.2) is 62.8 Å². The second-order valence-corrected chi connectivity index (χ2v) is 5.54. The number of benzene rings is 1. The van der Waals surface area contributed by atoms with Gasteiger partial charge in [-0.2, -0.15) is 0 Å². The van der Waals surface area contributed by atoms with E-state index in [-0.39, 0.29) is 11.7 Å². The third-order valence-electron chi connectivity index (χ3n) is 3.14. The first-order chi connectivity index (χ1) is 11.3. The van der Waals surface area contributed by atoms with Crippen LogP contribution in [0, 0.1) is 0 Å². The fraction of sp³-hybridized carbons (Fsp3) is 0.188. The Morgan fingerprint density at radius 1 is 1.17 bits per heavy atom. The summed E-state index contributed by atoms with van der Waals surface area (Å²) in [5.74, 6) is 1.03. The summed E-state index contributed by atoms with van der Waals surface area (Å²) in [5, 5.41) is 8.16. The van der Waals surface area contributed by atoms with Gasteiger partial charge in [0.2, 0.25) is 5.91 Å². The first-order valence-corrected chi connectivity index (χ1v) is 8.12. The van der Waals surface area contributed by atoms with Crippen molar-refractivity contribution in [1.82, 2.24) is 10.2 Å². The average Bonchev–Trinajstić information content (AvgIpc) is 3.26. The quantitative estimate of drug-likeness (QED) is 0.645. The number of rotatable bonds is 6. The number of thioether (sulfide) groups is 1. The summed E-state index contributed by atoms with van der Waals surface area (Å²) in [5.41, 5.74) is 0.877. The number of carbonyl (C=O) groups is 1. The molecule has 2 heterocycles. The minimum absolute atomic E-state index is 0.0125. The van der Waals surface area contributed by atoms with Crippen LogP contribution in [0.4, 0.5) is 5.69 Å². The van der Waals surface area contributed by atoms with E-state index in [1.54, 1.807) is 17.0 Å². The van der Waals surface area contributed by atoms with E-state index in [4.69, 9.17) is 8.83 Å². The molecule has 0 atom stereocenters. The van der Waals surface area contributed by atoms with Crippen LogP contribution in [0.25, 0.3) is 11.7 Å². The Hall–Kier alpha value is -2.54. The van der Waals surface area contributed by atoms with Crippen molar-refractivity contribution in [1.29, 1.82) is 0 Å². The Kier molecular flexibility index (Phi) is 4.77. The summed E-state index contributed by atoms with van der Waals surface area (Å²) in [6.07, 6.45) is 1.54. The largest absolute Gasteiger partial charge is 0.459 e. The van der Waals surface area contributed by atoms with Crippen molar-refractivity contribution in [2.24, 2.45) is 0 Å². The van der Waals surface area contributed by atoms with Crippen molar-refractivity contribution in [3.63, 3.8) is 0 Å². The minimum atomic E-state index is -0.0125. The van der Waals surface area contributed by atoms with Gasteiger partial charge in [-0.1, -0.05) is 30.0 Å². The number of nitrogens with zero attached hydrogens (tertiary/aromatic N) is 3. The molecule has 0 saturated heterocycles. The highest BCUT2D eigenvalue weighted by Crippen LogP contribution is 2.24. The van der Waals surface area contributed by atoms with E-state index in [1.807, 2.05) is 37.3 Å². The van der Waals surface area contributed by atoms with Crippen molar-refractivity contribution in [2.75, 3.05) is 17.2 Å². The van der Waals surface area contributed by atoms with Crippen LogP contribution in [0.1, 0.15) is 6.92 Å². The Morgan fingerprint density at radius 3 is 2.70 bits per heavy atom. The normalized spacial score (nSPS) is 10.7. The average molecular weight is 329 g/mol. The van der Waals surface area contributed by atoms with Crippen LogP contribution in [0.3, 0.4) is 0 Å². The summed E-state index contributed by atoms with van der Waals surface area (Å²) >= 11 is 1.21. The maximum absolute atomic E-state index is 12.4. The molecule has 0 N–H and O–H groups in total. The van der Waals surface area contributed by atoms with Gasteiger partial charge >= 0.3 is 0 Å². The van der Waals surface area contributed by atoms with Gasteiger partial charge in [0.25, 0.3) is 11.1 Å². The van der Waals surface area contributed by atoms with Crippen molar-refractivity contribution in [3.05, 3.63) is 48.7 Å². The summed E-state index contributed by atoms with van der Waals surface area (Å²) in [4.78, 5) is 14.1. The molecule has 0 bridgehead atoms. The number of para-hydroxylation sites is 1. The van der Waals surface area contributed by atoms with Crippen LogP contribution in [-0.4, -0.2) is 28.4 Å². The molecule has 6 nitrogen and oxygen atoms in total. The minimum Gasteiger partial charge on any atom is -0.459 e. The Balaban J connectivity index is 1.62. The number of hydrogen-bond acceptors (Lipinski definition) is 6. The smallest absolute Gasteiger partial charge is 0.284 e. The summed E-state index contributed by atoms with van der Waals surface area (Å²) in [6.45, 7) is 2.54. The van der Waals surface area contributed by atoms with Gasteiger partial charge in [0, 0.05) is 12.2 Å². The van der Waals surface area contributed by atoms with Crippen LogP contribution < -0.4 is 4.90 Å². The van der Waals surface area contributed by atoms with E-state index >= 15 is 0 Å². The molecule has 0 fully saturated rings. The molecule has 0 aliphatic rings. The predicted molar refractivity (Wildman–Crippen MR) is 87.2 cm³/mol. The number of hydrogen-bond donors (Lipinski definition) is 0. The molecular formula is C16H15N3O3S. The van der Waals surface area contributed by atoms with Gasteiger partial charge in [0.1, 0.15) is 0 Å². The van der Waals surface area contributed by atoms with Crippen molar-refractivity contribution < 1.29 is 13.6 Å². The van der Waals surface area contributed by atoms with E-state index in [9.17, 15) is 4.79 Å².